The van der Waals surface area contributed by atoms with Crippen LogP contribution in [0.1, 0.15) is 59.7 Å². The zero-order valence-electron chi connectivity index (χ0n) is 14.8. The summed E-state index contributed by atoms with van der Waals surface area (Å²) < 4.78 is 0. The summed E-state index contributed by atoms with van der Waals surface area (Å²) in [5, 5.41) is 8.29. The minimum Gasteiger partial charge on any atom is -0.353 e. The normalized spacial score (nSPS) is 22.6. The summed E-state index contributed by atoms with van der Waals surface area (Å²) in [7, 11) is 0. The molecule has 0 fully saturated rings. The Bertz CT molecular complexity index is 837. The molecule has 0 radical (unpaired) electrons. The number of nitrogens with one attached hydrogen (secondary N) is 2. The third-order valence-electron chi connectivity index (χ3n) is 5.45. The maximum atomic E-state index is 12.8. The first-order valence-electron chi connectivity index (χ1n) is 8.80. The van der Waals surface area contributed by atoms with Gasteiger partial charge in [-0.05, 0) is 53.9 Å². The van der Waals surface area contributed by atoms with Gasteiger partial charge >= 0.3 is 0 Å². The average Bonchev–Trinajstić information content (AvgIpc) is 2.92. The molecule has 2 N–H and O–H groups in total. The zero-order valence-corrected chi connectivity index (χ0v) is 16.4. The fourth-order valence-electron chi connectivity index (χ4n) is 3.89. The number of carbonyl (C=O) groups is 1. The van der Waals surface area contributed by atoms with E-state index in [1.807, 2.05) is 24.3 Å². The standard InChI is InChI=1S/C20H23ClN2OS/c1-20(2,3)12-7-8-14-15(10-12)25-19-16(14)18(24)22-17(23-19)11-5-4-6-13(21)9-11/h4-6,9,12,17,23H,7-8,10H2,1-3H3,(H,22,24)/t12-,17+/m1/s1. The summed E-state index contributed by atoms with van der Waals surface area (Å²) in [5.41, 5.74) is 3.41. The van der Waals surface area contributed by atoms with Crippen molar-refractivity contribution in [2.24, 2.45) is 11.3 Å². The van der Waals surface area contributed by atoms with Crippen LogP contribution in [0.25, 0.3) is 0 Å². The highest BCUT2D eigenvalue weighted by Gasteiger charge is 2.36. The van der Waals surface area contributed by atoms with Gasteiger partial charge in [0.2, 0.25) is 0 Å². The van der Waals surface area contributed by atoms with Gasteiger partial charge in [-0.3, -0.25) is 4.79 Å². The molecule has 0 saturated heterocycles. The Hall–Kier alpha value is -1.52. The Morgan fingerprint density at radius 3 is 2.76 bits per heavy atom. The molecule has 1 aromatic carbocycles. The van der Waals surface area contributed by atoms with Crippen molar-refractivity contribution in [1.29, 1.82) is 0 Å². The number of hydrogen-bond donors (Lipinski definition) is 2. The molecule has 0 unspecified atom stereocenters. The molecule has 0 spiro atoms. The van der Waals surface area contributed by atoms with Gasteiger partial charge in [-0.25, -0.2) is 0 Å². The summed E-state index contributed by atoms with van der Waals surface area (Å²) in [6, 6.07) is 7.64. The van der Waals surface area contributed by atoms with Gasteiger partial charge in [0, 0.05) is 9.90 Å². The summed E-state index contributed by atoms with van der Waals surface area (Å²) in [6.45, 7) is 6.95. The molecule has 2 atom stereocenters. The van der Waals surface area contributed by atoms with Crippen molar-refractivity contribution in [1.82, 2.24) is 5.32 Å². The Labute approximate surface area is 157 Å². The smallest absolute Gasteiger partial charge is 0.256 e. The molecule has 2 aromatic rings. The van der Waals surface area contributed by atoms with Gasteiger partial charge < -0.3 is 10.6 Å². The molecule has 25 heavy (non-hydrogen) atoms. The van der Waals surface area contributed by atoms with Crippen LogP contribution in [0, 0.1) is 11.3 Å². The van der Waals surface area contributed by atoms with Crippen LogP contribution >= 0.6 is 22.9 Å². The van der Waals surface area contributed by atoms with Gasteiger partial charge in [-0.1, -0.05) is 44.5 Å². The number of carbonyl (C=O) groups excluding carboxylic acids is 1. The van der Waals surface area contributed by atoms with E-state index in [4.69, 9.17) is 11.6 Å². The lowest BCUT2D eigenvalue weighted by Crippen LogP contribution is -2.38. The highest BCUT2D eigenvalue weighted by molar-refractivity contribution is 7.16. The molecule has 3 nitrogen and oxygen atoms in total. The van der Waals surface area contributed by atoms with Crippen LogP contribution in [0.3, 0.4) is 0 Å². The number of rotatable bonds is 1. The second-order valence-electron chi connectivity index (χ2n) is 8.12. The van der Waals surface area contributed by atoms with Gasteiger partial charge in [0.1, 0.15) is 11.2 Å². The third-order valence-corrected chi connectivity index (χ3v) is 6.87. The number of hydrogen-bond acceptors (Lipinski definition) is 3. The lowest BCUT2D eigenvalue weighted by Gasteiger charge is -2.34. The molecule has 1 aliphatic carbocycles. The lowest BCUT2D eigenvalue weighted by atomic mass is 9.72. The molecule has 5 heteroatoms. The van der Waals surface area contributed by atoms with Crippen LogP contribution in [0.2, 0.25) is 5.02 Å². The molecular formula is C20H23ClN2OS. The third kappa shape index (κ3) is 3.06. The van der Waals surface area contributed by atoms with Crippen LogP contribution in [-0.2, 0) is 12.8 Å². The predicted octanol–water partition coefficient (Wildman–Crippen LogP) is 5.41. The monoisotopic (exact) mass is 374 g/mol. The fourth-order valence-corrected chi connectivity index (χ4v) is 5.44. The van der Waals surface area contributed by atoms with E-state index in [2.05, 4.69) is 31.4 Å². The summed E-state index contributed by atoms with van der Waals surface area (Å²) >= 11 is 7.86. The maximum Gasteiger partial charge on any atom is 0.256 e. The molecule has 1 aromatic heterocycles. The van der Waals surface area contributed by atoms with Crippen LogP contribution in [0.5, 0.6) is 0 Å². The Morgan fingerprint density at radius 2 is 2.04 bits per heavy atom. The van der Waals surface area contributed by atoms with E-state index in [1.165, 1.54) is 10.4 Å². The minimum absolute atomic E-state index is 0.0328. The van der Waals surface area contributed by atoms with Crippen molar-refractivity contribution < 1.29 is 4.79 Å². The van der Waals surface area contributed by atoms with Gasteiger partial charge in [-0.2, -0.15) is 0 Å². The number of halogens is 1. The molecule has 0 saturated carbocycles. The van der Waals surface area contributed by atoms with E-state index in [1.54, 1.807) is 11.3 Å². The summed E-state index contributed by atoms with van der Waals surface area (Å²) in [5.74, 6) is 0.706. The SMILES string of the molecule is CC(C)(C)[C@@H]1CCc2c(sc3c2C(=O)N[C@H](c2cccc(Cl)c2)N3)C1. The van der Waals surface area contributed by atoms with Gasteiger partial charge in [0.05, 0.1) is 5.56 Å². The molecule has 4 rings (SSSR count). The van der Waals surface area contributed by atoms with Crippen LogP contribution in [0.15, 0.2) is 24.3 Å². The molecule has 2 aliphatic rings. The first-order chi connectivity index (χ1) is 11.8. The minimum atomic E-state index is -0.225. The number of anilines is 1. The van der Waals surface area contributed by atoms with Crippen LogP contribution in [-0.4, -0.2) is 5.91 Å². The van der Waals surface area contributed by atoms with Crippen molar-refractivity contribution in [3.8, 4) is 0 Å². The average molecular weight is 375 g/mol. The first kappa shape index (κ1) is 16.9. The van der Waals surface area contributed by atoms with Crippen LogP contribution in [0.4, 0.5) is 5.00 Å². The number of benzene rings is 1. The van der Waals surface area contributed by atoms with Crippen molar-refractivity contribution in [3.63, 3.8) is 0 Å². The van der Waals surface area contributed by atoms with E-state index in [0.717, 1.165) is 35.4 Å². The first-order valence-corrected chi connectivity index (χ1v) is 10.00. The maximum absolute atomic E-state index is 12.8. The van der Waals surface area contributed by atoms with Gasteiger partial charge in [0.25, 0.3) is 5.91 Å². The number of thiophene rings is 1. The van der Waals surface area contributed by atoms with Crippen molar-refractivity contribution in [2.75, 3.05) is 5.32 Å². The molecular weight excluding hydrogens is 352 g/mol. The van der Waals surface area contributed by atoms with Crippen molar-refractivity contribution >= 4 is 33.8 Å². The lowest BCUT2D eigenvalue weighted by molar-refractivity contribution is 0.0935. The highest BCUT2D eigenvalue weighted by Crippen LogP contribution is 2.46. The number of amides is 1. The van der Waals surface area contributed by atoms with Crippen molar-refractivity contribution in [2.45, 2.75) is 46.2 Å². The summed E-state index contributed by atoms with van der Waals surface area (Å²) in [6.07, 6.45) is 3.01. The number of fused-ring (bicyclic) bond motifs is 3. The van der Waals surface area contributed by atoms with E-state index < -0.39 is 0 Å². The molecule has 0 bridgehead atoms. The van der Waals surface area contributed by atoms with E-state index in [9.17, 15) is 4.79 Å². The quantitative estimate of drug-likeness (QED) is 0.701. The molecule has 2 heterocycles. The van der Waals surface area contributed by atoms with Gasteiger partial charge in [0.15, 0.2) is 0 Å². The fraction of sp³-hybridized carbons (Fsp3) is 0.450. The van der Waals surface area contributed by atoms with E-state index in [0.29, 0.717) is 16.4 Å². The van der Waals surface area contributed by atoms with E-state index in [-0.39, 0.29) is 12.1 Å². The Balaban J connectivity index is 1.66. The second-order valence-corrected chi connectivity index (χ2v) is 9.66. The van der Waals surface area contributed by atoms with E-state index >= 15 is 0 Å². The van der Waals surface area contributed by atoms with Crippen molar-refractivity contribution in [3.05, 3.63) is 50.9 Å². The molecule has 132 valence electrons. The molecule has 1 aliphatic heterocycles. The molecule has 1 amide bonds. The highest BCUT2D eigenvalue weighted by atomic mass is 35.5. The predicted molar refractivity (Wildman–Crippen MR) is 105 cm³/mol. The Morgan fingerprint density at radius 1 is 1.24 bits per heavy atom. The topological polar surface area (TPSA) is 41.1 Å². The second kappa shape index (κ2) is 6.03. The largest absolute Gasteiger partial charge is 0.353 e. The Kier molecular flexibility index (Phi) is 4.08. The van der Waals surface area contributed by atoms with Gasteiger partial charge in [-0.15, -0.1) is 11.3 Å². The summed E-state index contributed by atoms with van der Waals surface area (Å²) in [4.78, 5) is 14.2. The van der Waals surface area contributed by atoms with Crippen LogP contribution < -0.4 is 10.6 Å². The zero-order chi connectivity index (χ0) is 17.8.